The van der Waals surface area contributed by atoms with Crippen LogP contribution >= 0.6 is 23.2 Å². The van der Waals surface area contributed by atoms with Gasteiger partial charge >= 0.3 is 5.97 Å². The first-order chi connectivity index (χ1) is 8.50. The van der Waals surface area contributed by atoms with E-state index in [-0.39, 0.29) is 17.7 Å². The lowest BCUT2D eigenvalue weighted by atomic mass is 9.98. The van der Waals surface area contributed by atoms with Crippen LogP contribution in [-0.2, 0) is 9.59 Å². The highest BCUT2D eigenvalue weighted by atomic mass is 35.5. The summed E-state index contributed by atoms with van der Waals surface area (Å²) in [6.45, 7) is 0. The van der Waals surface area contributed by atoms with E-state index in [0.29, 0.717) is 15.6 Å². The SMILES string of the molecule is O=C(O)C1=CN=C(c2c(Cl)cccc2Cl)C(=O)C1. The standard InChI is InChI=1S/C12H7Cl2NO3/c13-7-2-1-3-8(14)10(7)11-9(16)4-6(5-15-11)12(17)18/h1-3,5H,4H2,(H,17,18). The van der Waals surface area contributed by atoms with E-state index in [1.165, 1.54) is 0 Å². The molecule has 92 valence electrons. The van der Waals surface area contributed by atoms with E-state index >= 15 is 0 Å². The second-order valence-electron chi connectivity index (χ2n) is 3.63. The number of halogens is 2. The maximum absolute atomic E-state index is 11.9. The highest BCUT2D eigenvalue weighted by Crippen LogP contribution is 2.27. The Labute approximate surface area is 113 Å². The van der Waals surface area contributed by atoms with Crippen LogP contribution in [0.5, 0.6) is 0 Å². The number of carboxylic acid groups (broad SMARTS) is 1. The van der Waals surface area contributed by atoms with Crippen molar-refractivity contribution < 1.29 is 14.7 Å². The van der Waals surface area contributed by atoms with E-state index in [4.69, 9.17) is 28.3 Å². The molecular weight excluding hydrogens is 277 g/mol. The molecule has 0 aromatic heterocycles. The molecular formula is C12H7Cl2NO3. The summed E-state index contributed by atoms with van der Waals surface area (Å²) in [6.07, 6.45) is 0.939. The Hall–Kier alpha value is -1.65. The fourth-order valence-corrected chi connectivity index (χ4v) is 2.15. The van der Waals surface area contributed by atoms with Crippen LogP contribution in [0.15, 0.2) is 35.0 Å². The number of ketones is 1. The van der Waals surface area contributed by atoms with Crippen LogP contribution in [0.25, 0.3) is 0 Å². The molecule has 0 amide bonds. The average Bonchev–Trinajstić information content (AvgIpc) is 2.30. The van der Waals surface area contributed by atoms with Crippen LogP contribution in [0, 0.1) is 0 Å². The fourth-order valence-electron chi connectivity index (χ4n) is 1.58. The maximum Gasteiger partial charge on any atom is 0.333 e. The van der Waals surface area contributed by atoms with Crippen molar-refractivity contribution in [1.29, 1.82) is 0 Å². The van der Waals surface area contributed by atoms with E-state index in [0.717, 1.165) is 6.20 Å². The summed E-state index contributed by atoms with van der Waals surface area (Å²) in [5.41, 5.74) is 0.383. The second kappa shape index (κ2) is 4.92. The third-order valence-corrected chi connectivity index (χ3v) is 3.07. The molecule has 1 N–H and O–H groups in total. The van der Waals surface area contributed by atoms with Gasteiger partial charge in [-0.1, -0.05) is 29.3 Å². The number of Topliss-reactive ketones (excluding diaryl/α,β-unsaturated/α-hetero) is 1. The van der Waals surface area contributed by atoms with E-state index < -0.39 is 11.8 Å². The van der Waals surface area contributed by atoms with Gasteiger partial charge in [-0.05, 0) is 12.1 Å². The molecule has 1 heterocycles. The summed E-state index contributed by atoms with van der Waals surface area (Å²) in [5.74, 6) is -1.57. The Bertz CT molecular complexity index is 585. The Morgan fingerprint density at radius 1 is 1.28 bits per heavy atom. The normalized spacial score (nSPS) is 15.1. The zero-order valence-electron chi connectivity index (χ0n) is 8.98. The van der Waals surface area contributed by atoms with Crippen LogP contribution in [0.3, 0.4) is 0 Å². The van der Waals surface area contributed by atoms with Crippen LogP contribution in [-0.4, -0.2) is 22.6 Å². The quantitative estimate of drug-likeness (QED) is 0.908. The van der Waals surface area contributed by atoms with Crippen molar-refractivity contribution >= 4 is 40.7 Å². The van der Waals surface area contributed by atoms with Crippen molar-refractivity contribution in [2.24, 2.45) is 4.99 Å². The molecule has 0 aliphatic carbocycles. The molecule has 0 radical (unpaired) electrons. The highest BCUT2D eigenvalue weighted by Gasteiger charge is 2.25. The van der Waals surface area contributed by atoms with Gasteiger partial charge in [-0.15, -0.1) is 0 Å². The van der Waals surface area contributed by atoms with Crippen molar-refractivity contribution in [2.75, 3.05) is 0 Å². The number of nitrogens with zero attached hydrogens (tertiary/aromatic N) is 1. The summed E-state index contributed by atoms with van der Waals surface area (Å²) in [5, 5.41) is 9.39. The average molecular weight is 284 g/mol. The zero-order valence-corrected chi connectivity index (χ0v) is 10.5. The van der Waals surface area contributed by atoms with Gasteiger partial charge in [0.15, 0.2) is 5.78 Å². The number of carboxylic acids is 1. The van der Waals surface area contributed by atoms with Crippen molar-refractivity contribution in [1.82, 2.24) is 0 Å². The lowest BCUT2D eigenvalue weighted by Gasteiger charge is -2.12. The van der Waals surface area contributed by atoms with Gasteiger partial charge in [0, 0.05) is 18.2 Å². The van der Waals surface area contributed by atoms with Crippen molar-refractivity contribution in [3.8, 4) is 0 Å². The number of carbonyl (C=O) groups excluding carboxylic acids is 1. The third kappa shape index (κ3) is 2.30. The lowest BCUT2D eigenvalue weighted by Crippen LogP contribution is -2.22. The second-order valence-corrected chi connectivity index (χ2v) is 4.45. The van der Waals surface area contributed by atoms with Crippen molar-refractivity contribution in [3.05, 3.63) is 45.6 Å². The first kappa shape index (κ1) is 12.8. The summed E-state index contributed by atoms with van der Waals surface area (Å²) in [4.78, 5) is 26.5. The molecule has 1 aromatic carbocycles. The number of hydrogen-bond acceptors (Lipinski definition) is 3. The smallest absolute Gasteiger partial charge is 0.333 e. The van der Waals surface area contributed by atoms with E-state index in [1.807, 2.05) is 0 Å². The van der Waals surface area contributed by atoms with E-state index in [2.05, 4.69) is 4.99 Å². The van der Waals surface area contributed by atoms with Crippen LogP contribution in [0.1, 0.15) is 12.0 Å². The van der Waals surface area contributed by atoms with E-state index in [9.17, 15) is 9.59 Å². The van der Waals surface area contributed by atoms with Crippen molar-refractivity contribution in [3.63, 3.8) is 0 Å². The summed E-state index contributed by atoms with van der Waals surface area (Å²) in [6, 6.07) is 4.84. The minimum atomic E-state index is -1.16. The molecule has 2 rings (SSSR count). The number of rotatable bonds is 2. The van der Waals surface area contributed by atoms with Gasteiger partial charge in [0.05, 0.1) is 15.6 Å². The molecule has 0 unspecified atom stereocenters. The van der Waals surface area contributed by atoms with Gasteiger partial charge in [0.2, 0.25) is 0 Å². The predicted octanol–water partition coefficient (Wildman–Crippen LogP) is 2.72. The number of carbonyl (C=O) groups is 2. The number of hydrogen-bond donors (Lipinski definition) is 1. The Morgan fingerprint density at radius 3 is 2.39 bits per heavy atom. The lowest BCUT2D eigenvalue weighted by molar-refractivity contribution is -0.133. The predicted molar refractivity (Wildman–Crippen MR) is 68.3 cm³/mol. The minimum Gasteiger partial charge on any atom is -0.478 e. The summed E-state index contributed by atoms with van der Waals surface area (Å²) < 4.78 is 0. The third-order valence-electron chi connectivity index (χ3n) is 2.44. The monoisotopic (exact) mass is 283 g/mol. The van der Waals surface area contributed by atoms with Gasteiger partial charge in [0.1, 0.15) is 5.71 Å². The Morgan fingerprint density at radius 2 is 1.89 bits per heavy atom. The topological polar surface area (TPSA) is 66.7 Å². The molecule has 4 nitrogen and oxygen atoms in total. The molecule has 1 aromatic rings. The van der Waals surface area contributed by atoms with Gasteiger partial charge < -0.3 is 5.11 Å². The summed E-state index contributed by atoms with van der Waals surface area (Å²) in [7, 11) is 0. The maximum atomic E-state index is 11.9. The van der Waals surface area contributed by atoms with Crippen molar-refractivity contribution in [2.45, 2.75) is 6.42 Å². The minimum absolute atomic E-state index is 0.0491. The first-order valence-corrected chi connectivity index (χ1v) is 5.74. The Balaban J connectivity index is 2.52. The van der Waals surface area contributed by atoms with Gasteiger partial charge in [0.25, 0.3) is 0 Å². The molecule has 1 aliphatic rings. The van der Waals surface area contributed by atoms with Crippen LogP contribution in [0.4, 0.5) is 0 Å². The van der Waals surface area contributed by atoms with Gasteiger partial charge in [-0.25, -0.2) is 4.79 Å². The number of benzene rings is 1. The molecule has 0 saturated heterocycles. The molecule has 18 heavy (non-hydrogen) atoms. The Kier molecular flexibility index (Phi) is 3.50. The molecule has 0 saturated carbocycles. The molecule has 0 atom stereocenters. The molecule has 0 fully saturated rings. The number of aliphatic carboxylic acids is 1. The fraction of sp³-hybridized carbons (Fsp3) is 0.0833. The van der Waals surface area contributed by atoms with Crippen LogP contribution in [0.2, 0.25) is 10.0 Å². The van der Waals surface area contributed by atoms with Gasteiger partial charge in [-0.3, -0.25) is 9.79 Å². The first-order valence-electron chi connectivity index (χ1n) is 4.98. The number of aliphatic imine (C=N–C) groups is 1. The van der Waals surface area contributed by atoms with E-state index in [1.54, 1.807) is 18.2 Å². The molecule has 6 heteroatoms. The van der Waals surface area contributed by atoms with Crippen LogP contribution < -0.4 is 0 Å². The molecule has 0 spiro atoms. The zero-order chi connectivity index (χ0) is 13.3. The van der Waals surface area contributed by atoms with Gasteiger partial charge in [-0.2, -0.15) is 0 Å². The largest absolute Gasteiger partial charge is 0.478 e. The highest BCUT2D eigenvalue weighted by molar-refractivity contribution is 6.53. The molecule has 0 bridgehead atoms. The molecule has 1 aliphatic heterocycles. The summed E-state index contributed by atoms with van der Waals surface area (Å²) >= 11 is 11.9.